The van der Waals surface area contributed by atoms with Gasteiger partial charge in [0.05, 0.1) is 6.61 Å². The third-order valence-corrected chi connectivity index (χ3v) is 9.67. The van der Waals surface area contributed by atoms with E-state index in [-0.39, 0.29) is 25.2 Å². The largest absolute Gasteiger partial charge is 0.462 e. The summed E-state index contributed by atoms with van der Waals surface area (Å²) in [7, 11) is 0. The maximum absolute atomic E-state index is 12.2. The minimum absolute atomic E-state index is 0.0736. The van der Waals surface area contributed by atoms with Crippen molar-refractivity contribution in [3.05, 3.63) is 85.1 Å². The summed E-state index contributed by atoms with van der Waals surface area (Å²) in [4.78, 5) is 24.3. The molecule has 1 unspecified atom stereocenters. The van der Waals surface area contributed by atoms with E-state index in [1.165, 1.54) is 96.3 Å². The highest BCUT2D eigenvalue weighted by Crippen LogP contribution is 2.14. The molecular weight excluding hydrogens is 693 g/mol. The summed E-state index contributed by atoms with van der Waals surface area (Å²) < 4.78 is 10.6. The van der Waals surface area contributed by atoms with Crippen molar-refractivity contribution >= 4 is 11.9 Å². The molecular formula is C51H86O5. The Morgan fingerprint density at radius 2 is 0.768 bits per heavy atom. The van der Waals surface area contributed by atoms with E-state index in [2.05, 4.69) is 98.9 Å². The first-order valence-corrected chi connectivity index (χ1v) is 23.1. The lowest BCUT2D eigenvalue weighted by Crippen LogP contribution is -2.28. The SMILES string of the molecule is CC/C=C\C/C=C\C/C=C\C/C=C\C/C=C\C/C=C\CCCCCCCCCCCCCCC(=O)OC(CO)COC(=O)CCCCCCC/C=C\CCCC. The van der Waals surface area contributed by atoms with Gasteiger partial charge in [0.15, 0.2) is 6.10 Å². The number of hydrogen-bond acceptors (Lipinski definition) is 5. The van der Waals surface area contributed by atoms with Gasteiger partial charge < -0.3 is 14.6 Å². The summed E-state index contributed by atoms with van der Waals surface area (Å²) >= 11 is 0. The normalized spacial score (nSPS) is 13.0. The standard InChI is InChI=1S/C51H86O5/c1-3-5-7-9-11-13-15-16-17-18-19-20-21-22-23-24-25-26-27-28-29-30-31-32-33-34-36-38-40-42-44-46-51(54)56-49(47-52)48-55-50(53)45-43-41-39-37-35-14-12-10-8-6-4-2/h5,7,10-13,16-17,19-20,22-23,25-26,49,52H,3-4,6,8-9,14-15,18,21,24,27-48H2,1-2H3/b7-5-,12-10-,13-11-,17-16-,20-19-,23-22-,26-25-. The molecule has 0 aliphatic rings. The summed E-state index contributed by atoms with van der Waals surface area (Å²) in [6.07, 6.45) is 63.8. The van der Waals surface area contributed by atoms with Gasteiger partial charge in [-0.2, -0.15) is 0 Å². The van der Waals surface area contributed by atoms with Crippen LogP contribution in [0.25, 0.3) is 0 Å². The van der Waals surface area contributed by atoms with Crippen LogP contribution in [0.15, 0.2) is 85.1 Å². The highest BCUT2D eigenvalue weighted by molar-refractivity contribution is 5.70. The zero-order valence-electron chi connectivity index (χ0n) is 36.4. The van der Waals surface area contributed by atoms with Crippen LogP contribution in [0, 0.1) is 0 Å². The highest BCUT2D eigenvalue weighted by Gasteiger charge is 2.16. The van der Waals surface area contributed by atoms with Gasteiger partial charge >= 0.3 is 11.9 Å². The van der Waals surface area contributed by atoms with Crippen LogP contribution < -0.4 is 0 Å². The Labute approximate surface area is 346 Å². The van der Waals surface area contributed by atoms with Gasteiger partial charge in [-0.05, 0) is 83.5 Å². The molecule has 0 spiro atoms. The minimum atomic E-state index is -0.778. The van der Waals surface area contributed by atoms with Crippen LogP contribution in [0.1, 0.15) is 206 Å². The Bertz CT molecular complexity index is 1060. The zero-order valence-corrected chi connectivity index (χ0v) is 36.4. The molecule has 0 radical (unpaired) electrons. The van der Waals surface area contributed by atoms with Crippen molar-refractivity contribution < 1.29 is 24.2 Å². The van der Waals surface area contributed by atoms with Crippen LogP contribution in [-0.4, -0.2) is 36.4 Å². The van der Waals surface area contributed by atoms with E-state index in [9.17, 15) is 14.7 Å². The monoisotopic (exact) mass is 779 g/mol. The lowest BCUT2D eigenvalue weighted by atomic mass is 10.0. The fourth-order valence-electron chi connectivity index (χ4n) is 6.19. The van der Waals surface area contributed by atoms with Crippen LogP contribution in [-0.2, 0) is 19.1 Å². The maximum atomic E-state index is 12.2. The lowest BCUT2D eigenvalue weighted by Gasteiger charge is -2.15. The molecule has 5 nitrogen and oxygen atoms in total. The number of hydrogen-bond donors (Lipinski definition) is 1. The molecule has 0 aliphatic heterocycles. The molecule has 0 heterocycles. The molecule has 56 heavy (non-hydrogen) atoms. The second kappa shape index (κ2) is 46.5. The Morgan fingerprint density at radius 3 is 1.18 bits per heavy atom. The summed E-state index contributed by atoms with van der Waals surface area (Å²) in [5.74, 6) is -0.608. The molecule has 0 saturated heterocycles. The van der Waals surface area contributed by atoms with Crippen LogP contribution >= 0.6 is 0 Å². The highest BCUT2D eigenvalue weighted by atomic mass is 16.6. The molecule has 0 aliphatic carbocycles. The maximum Gasteiger partial charge on any atom is 0.306 e. The van der Waals surface area contributed by atoms with Crippen molar-refractivity contribution in [2.75, 3.05) is 13.2 Å². The summed E-state index contributed by atoms with van der Waals surface area (Å²) in [5, 5.41) is 9.57. The van der Waals surface area contributed by atoms with Gasteiger partial charge in [0, 0.05) is 12.8 Å². The fourth-order valence-corrected chi connectivity index (χ4v) is 6.19. The van der Waals surface area contributed by atoms with E-state index in [1.54, 1.807) is 0 Å². The van der Waals surface area contributed by atoms with Gasteiger partial charge in [-0.15, -0.1) is 0 Å². The lowest BCUT2D eigenvalue weighted by molar-refractivity contribution is -0.161. The number of aliphatic hydroxyl groups excluding tert-OH is 1. The molecule has 0 amide bonds. The molecule has 0 aromatic carbocycles. The molecule has 0 rings (SSSR count). The number of allylic oxidation sites excluding steroid dienone is 14. The van der Waals surface area contributed by atoms with Crippen molar-refractivity contribution in [1.82, 2.24) is 0 Å². The molecule has 0 bridgehead atoms. The van der Waals surface area contributed by atoms with E-state index in [0.717, 1.165) is 83.5 Å². The fraction of sp³-hybridized carbons (Fsp3) is 0.686. The molecule has 0 fully saturated rings. The van der Waals surface area contributed by atoms with Gasteiger partial charge in [-0.3, -0.25) is 9.59 Å². The first-order chi connectivity index (χ1) is 27.6. The average Bonchev–Trinajstić information content (AvgIpc) is 3.20. The first-order valence-electron chi connectivity index (χ1n) is 23.1. The zero-order chi connectivity index (χ0) is 40.7. The van der Waals surface area contributed by atoms with Crippen molar-refractivity contribution in [2.45, 2.75) is 213 Å². The summed E-state index contributed by atoms with van der Waals surface area (Å²) in [5.41, 5.74) is 0. The summed E-state index contributed by atoms with van der Waals surface area (Å²) in [6, 6.07) is 0. The number of carbonyl (C=O) groups is 2. The van der Waals surface area contributed by atoms with Gasteiger partial charge in [0.1, 0.15) is 6.61 Å². The molecule has 0 aromatic heterocycles. The van der Waals surface area contributed by atoms with Crippen LogP contribution in [0.5, 0.6) is 0 Å². The van der Waals surface area contributed by atoms with E-state index in [4.69, 9.17) is 9.47 Å². The number of ether oxygens (including phenoxy) is 2. The third-order valence-electron chi connectivity index (χ3n) is 9.67. The van der Waals surface area contributed by atoms with Crippen LogP contribution in [0.2, 0.25) is 0 Å². The van der Waals surface area contributed by atoms with Crippen LogP contribution in [0.3, 0.4) is 0 Å². The van der Waals surface area contributed by atoms with Gasteiger partial charge in [0.25, 0.3) is 0 Å². The molecule has 1 N–H and O–H groups in total. The molecule has 0 saturated carbocycles. The Hall–Kier alpha value is -2.92. The Balaban J connectivity index is 3.53. The minimum Gasteiger partial charge on any atom is -0.462 e. The van der Waals surface area contributed by atoms with Crippen molar-refractivity contribution in [3.63, 3.8) is 0 Å². The number of unbranched alkanes of at least 4 members (excludes halogenated alkanes) is 19. The van der Waals surface area contributed by atoms with E-state index in [1.807, 2.05) is 0 Å². The number of rotatable bonds is 41. The van der Waals surface area contributed by atoms with Crippen molar-refractivity contribution in [3.8, 4) is 0 Å². The quantitative estimate of drug-likeness (QED) is 0.0380. The number of carbonyl (C=O) groups excluding carboxylic acids is 2. The second-order valence-electron chi connectivity index (χ2n) is 15.1. The Kier molecular flexibility index (Phi) is 44.0. The second-order valence-corrected chi connectivity index (χ2v) is 15.1. The average molecular weight is 779 g/mol. The third kappa shape index (κ3) is 43.8. The van der Waals surface area contributed by atoms with E-state index >= 15 is 0 Å². The van der Waals surface area contributed by atoms with Gasteiger partial charge in [0.2, 0.25) is 0 Å². The molecule has 320 valence electrons. The Morgan fingerprint density at radius 1 is 0.429 bits per heavy atom. The first kappa shape index (κ1) is 53.1. The van der Waals surface area contributed by atoms with Crippen LogP contribution in [0.4, 0.5) is 0 Å². The number of esters is 2. The van der Waals surface area contributed by atoms with Crippen molar-refractivity contribution in [1.29, 1.82) is 0 Å². The summed E-state index contributed by atoms with van der Waals surface area (Å²) in [6.45, 7) is 3.97. The topological polar surface area (TPSA) is 72.8 Å². The van der Waals surface area contributed by atoms with Gasteiger partial charge in [-0.1, -0.05) is 195 Å². The smallest absolute Gasteiger partial charge is 0.306 e. The van der Waals surface area contributed by atoms with Gasteiger partial charge in [-0.25, -0.2) is 0 Å². The van der Waals surface area contributed by atoms with Crippen molar-refractivity contribution in [2.24, 2.45) is 0 Å². The molecule has 5 heteroatoms. The molecule has 1 atom stereocenters. The van der Waals surface area contributed by atoms with E-state index in [0.29, 0.717) is 12.8 Å². The molecule has 0 aromatic rings. The predicted molar refractivity (Wildman–Crippen MR) is 242 cm³/mol. The number of aliphatic hydroxyl groups is 1. The van der Waals surface area contributed by atoms with E-state index < -0.39 is 6.10 Å². The predicted octanol–water partition coefficient (Wildman–Crippen LogP) is 15.1.